The standard InChI is InChI=1S/C31H34N2O/c1-4-21-12-8-13-22(5-2)30(21)28-19-29(34-3)31-24(15-10-18-27(31)33-28)20-32-26-17-9-14-23-11-6-7-16-25(23)26/h6-9,11-14,16-17,19,24,32H,4-5,10,15,18,20H2,1-3H3. The first kappa shape index (κ1) is 22.5. The Balaban J connectivity index is 1.50. The van der Waals surface area contributed by atoms with Crippen LogP contribution in [-0.2, 0) is 19.3 Å². The lowest BCUT2D eigenvalue weighted by atomic mass is 9.83. The number of hydrogen-bond acceptors (Lipinski definition) is 3. The van der Waals surface area contributed by atoms with E-state index >= 15 is 0 Å². The van der Waals surface area contributed by atoms with Gasteiger partial charge in [-0.05, 0) is 54.7 Å². The largest absolute Gasteiger partial charge is 0.496 e. The fraction of sp³-hybridized carbons (Fsp3) is 0.323. The molecule has 34 heavy (non-hydrogen) atoms. The Hall–Kier alpha value is -3.33. The summed E-state index contributed by atoms with van der Waals surface area (Å²) in [5.74, 6) is 1.36. The zero-order chi connectivity index (χ0) is 23.5. The monoisotopic (exact) mass is 450 g/mol. The molecule has 0 saturated carbocycles. The summed E-state index contributed by atoms with van der Waals surface area (Å²) in [7, 11) is 1.80. The van der Waals surface area contributed by atoms with E-state index in [1.165, 1.54) is 44.4 Å². The lowest BCUT2D eigenvalue weighted by Crippen LogP contribution is -2.20. The van der Waals surface area contributed by atoms with Crippen molar-refractivity contribution in [2.45, 2.75) is 51.9 Å². The van der Waals surface area contributed by atoms with Gasteiger partial charge in [-0.1, -0.05) is 68.4 Å². The second kappa shape index (κ2) is 9.89. The predicted octanol–water partition coefficient (Wildman–Crippen LogP) is 7.57. The predicted molar refractivity (Wildman–Crippen MR) is 143 cm³/mol. The molecule has 1 N–H and O–H groups in total. The van der Waals surface area contributed by atoms with E-state index in [0.29, 0.717) is 5.92 Å². The van der Waals surface area contributed by atoms with Gasteiger partial charge in [-0.3, -0.25) is 4.98 Å². The highest BCUT2D eigenvalue weighted by atomic mass is 16.5. The molecule has 1 aromatic heterocycles. The molecular formula is C31H34N2O. The summed E-state index contributed by atoms with van der Waals surface area (Å²) in [6.07, 6.45) is 5.32. The van der Waals surface area contributed by atoms with Gasteiger partial charge in [0.05, 0.1) is 12.8 Å². The Morgan fingerprint density at radius 3 is 2.44 bits per heavy atom. The van der Waals surface area contributed by atoms with Gasteiger partial charge in [0.15, 0.2) is 0 Å². The fourth-order valence-corrected chi connectivity index (χ4v) is 5.56. The van der Waals surface area contributed by atoms with E-state index in [2.05, 4.69) is 85.9 Å². The average Bonchev–Trinajstić information content (AvgIpc) is 2.90. The number of rotatable bonds is 7. The van der Waals surface area contributed by atoms with Crippen molar-refractivity contribution in [3.05, 3.63) is 89.1 Å². The molecule has 1 atom stereocenters. The molecule has 4 aromatic rings. The van der Waals surface area contributed by atoms with Crippen molar-refractivity contribution in [1.29, 1.82) is 0 Å². The van der Waals surface area contributed by atoms with Crippen LogP contribution in [-0.4, -0.2) is 18.6 Å². The maximum atomic E-state index is 6.01. The quantitative estimate of drug-likeness (QED) is 0.315. The Labute approximate surface area is 203 Å². The molecule has 0 bridgehead atoms. The summed E-state index contributed by atoms with van der Waals surface area (Å²) in [4.78, 5) is 5.26. The van der Waals surface area contributed by atoms with Crippen LogP contribution in [0.1, 0.15) is 55.0 Å². The molecule has 5 rings (SSSR count). The first-order chi connectivity index (χ1) is 16.7. The second-order valence-corrected chi connectivity index (χ2v) is 9.23. The minimum absolute atomic E-state index is 0.381. The minimum atomic E-state index is 0.381. The van der Waals surface area contributed by atoms with Crippen molar-refractivity contribution in [3.8, 4) is 17.0 Å². The summed E-state index contributed by atoms with van der Waals surface area (Å²) in [6, 6.07) is 23.9. The number of pyridine rings is 1. The van der Waals surface area contributed by atoms with Crippen LogP contribution in [0.4, 0.5) is 5.69 Å². The van der Waals surface area contributed by atoms with Gasteiger partial charge in [0.2, 0.25) is 0 Å². The van der Waals surface area contributed by atoms with Crippen molar-refractivity contribution in [2.24, 2.45) is 0 Å². The van der Waals surface area contributed by atoms with Crippen LogP contribution in [0.15, 0.2) is 66.7 Å². The molecule has 174 valence electrons. The molecule has 3 heteroatoms. The maximum absolute atomic E-state index is 6.01. The van der Waals surface area contributed by atoms with Crippen LogP contribution in [0.2, 0.25) is 0 Å². The smallest absolute Gasteiger partial charge is 0.126 e. The van der Waals surface area contributed by atoms with Crippen molar-refractivity contribution < 1.29 is 4.74 Å². The number of aryl methyl sites for hydroxylation is 3. The summed E-state index contributed by atoms with van der Waals surface area (Å²) in [5.41, 5.74) is 8.77. The molecule has 1 aliphatic rings. The number of ether oxygens (including phenoxy) is 1. The fourth-order valence-electron chi connectivity index (χ4n) is 5.56. The van der Waals surface area contributed by atoms with Crippen molar-refractivity contribution in [2.75, 3.05) is 19.0 Å². The Morgan fingerprint density at radius 1 is 0.941 bits per heavy atom. The second-order valence-electron chi connectivity index (χ2n) is 9.23. The SMILES string of the molecule is CCc1cccc(CC)c1-c1cc(OC)c2c(n1)CCCC2CNc1cccc2ccccc12. The summed E-state index contributed by atoms with van der Waals surface area (Å²) in [5, 5.41) is 6.28. The molecule has 0 spiro atoms. The van der Waals surface area contributed by atoms with E-state index in [1.54, 1.807) is 7.11 Å². The first-order valence-electron chi connectivity index (χ1n) is 12.6. The van der Waals surface area contributed by atoms with Gasteiger partial charge < -0.3 is 10.1 Å². The Morgan fingerprint density at radius 2 is 1.68 bits per heavy atom. The average molecular weight is 451 g/mol. The molecule has 3 nitrogen and oxygen atoms in total. The van der Waals surface area contributed by atoms with E-state index in [9.17, 15) is 0 Å². The van der Waals surface area contributed by atoms with Crippen molar-refractivity contribution in [3.63, 3.8) is 0 Å². The molecule has 3 aromatic carbocycles. The van der Waals surface area contributed by atoms with Crippen LogP contribution < -0.4 is 10.1 Å². The molecular weight excluding hydrogens is 416 g/mol. The molecule has 1 heterocycles. The third kappa shape index (κ3) is 4.16. The Bertz CT molecular complexity index is 1270. The lowest BCUT2D eigenvalue weighted by Gasteiger charge is -2.28. The highest BCUT2D eigenvalue weighted by Gasteiger charge is 2.27. The third-order valence-corrected chi connectivity index (χ3v) is 7.28. The van der Waals surface area contributed by atoms with Gasteiger partial charge in [-0.15, -0.1) is 0 Å². The third-order valence-electron chi connectivity index (χ3n) is 7.28. The molecule has 0 aliphatic heterocycles. The molecule has 1 unspecified atom stereocenters. The van der Waals surface area contributed by atoms with Gasteiger partial charge in [0.1, 0.15) is 5.75 Å². The number of nitrogens with one attached hydrogen (secondary N) is 1. The molecule has 0 radical (unpaired) electrons. The molecule has 0 amide bonds. The normalized spacial score (nSPS) is 15.2. The number of aromatic nitrogens is 1. The topological polar surface area (TPSA) is 34.1 Å². The lowest BCUT2D eigenvalue weighted by molar-refractivity contribution is 0.397. The van der Waals surface area contributed by atoms with Crippen molar-refractivity contribution in [1.82, 2.24) is 4.98 Å². The number of anilines is 1. The van der Waals surface area contributed by atoms with Gasteiger partial charge in [-0.25, -0.2) is 0 Å². The van der Waals surface area contributed by atoms with Crippen LogP contribution in [0.5, 0.6) is 5.75 Å². The van der Waals surface area contributed by atoms with Crippen LogP contribution >= 0.6 is 0 Å². The number of nitrogens with zero attached hydrogens (tertiary/aromatic N) is 1. The molecule has 1 aliphatic carbocycles. The highest BCUT2D eigenvalue weighted by Crippen LogP contribution is 2.41. The van der Waals surface area contributed by atoms with E-state index < -0.39 is 0 Å². The van der Waals surface area contributed by atoms with Gasteiger partial charge >= 0.3 is 0 Å². The number of benzene rings is 3. The number of methoxy groups -OCH3 is 1. The molecule has 0 fully saturated rings. The van der Waals surface area contributed by atoms with Gasteiger partial charge in [0.25, 0.3) is 0 Å². The number of hydrogen-bond donors (Lipinski definition) is 1. The maximum Gasteiger partial charge on any atom is 0.126 e. The van der Waals surface area contributed by atoms with Crippen LogP contribution in [0, 0.1) is 0 Å². The van der Waals surface area contributed by atoms with Gasteiger partial charge in [-0.2, -0.15) is 0 Å². The molecule has 0 saturated heterocycles. The van der Waals surface area contributed by atoms with E-state index in [0.717, 1.165) is 50.1 Å². The number of fused-ring (bicyclic) bond motifs is 2. The first-order valence-corrected chi connectivity index (χ1v) is 12.6. The van der Waals surface area contributed by atoms with E-state index in [-0.39, 0.29) is 0 Å². The van der Waals surface area contributed by atoms with E-state index in [4.69, 9.17) is 9.72 Å². The highest BCUT2D eigenvalue weighted by molar-refractivity contribution is 5.93. The van der Waals surface area contributed by atoms with Gasteiger partial charge in [0, 0.05) is 46.4 Å². The zero-order valence-electron chi connectivity index (χ0n) is 20.5. The summed E-state index contributed by atoms with van der Waals surface area (Å²) >= 11 is 0. The van der Waals surface area contributed by atoms with Crippen LogP contribution in [0.3, 0.4) is 0 Å². The minimum Gasteiger partial charge on any atom is -0.496 e. The van der Waals surface area contributed by atoms with Crippen molar-refractivity contribution >= 4 is 16.5 Å². The zero-order valence-corrected chi connectivity index (χ0v) is 20.5. The van der Waals surface area contributed by atoms with E-state index in [1.807, 2.05) is 0 Å². The van der Waals surface area contributed by atoms with Crippen LogP contribution in [0.25, 0.3) is 22.0 Å². The Kier molecular flexibility index (Phi) is 6.53. The summed E-state index contributed by atoms with van der Waals surface area (Å²) in [6.45, 7) is 5.33. The summed E-state index contributed by atoms with van der Waals surface area (Å²) < 4.78 is 6.01.